The normalized spacial score (nSPS) is 10.8. The van der Waals surface area contributed by atoms with Crippen molar-refractivity contribution in [2.45, 2.75) is 13.0 Å². The van der Waals surface area contributed by atoms with E-state index in [0.29, 0.717) is 23.7 Å². The van der Waals surface area contributed by atoms with E-state index in [0.717, 1.165) is 16.0 Å². The molecule has 6 nitrogen and oxygen atoms in total. The number of aromatic nitrogens is 4. The molecule has 2 aromatic carbocycles. The Morgan fingerprint density at radius 3 is 2.75 bits per heavy atom. The standard InChI is InChI=1S/C20H16FN5OS/c21-16-7-5-14(6-8-16)9-17-10-23-20(28-17)25-19(27)18-4-2-1-3-15(18)11-26-13-22-12-24-26/h1-8,10,12-13H,9,11H2,(H,23,25,27). The first-order valence-corrected chi connectivity index (χ1v) is 9.40. The largest absolute Gasteiger partial charge is 0.298 e. The third-order valence-electron chi connectivity index (χ3n) is 4.13. The molecule has 0 aliphatic carbocycles. The summed E-state index contributed by atoms with van der Waals surface area (Å²) in [5, 5.41) is 7.47. The third-order valence-corrected chi connectivity index (χ3v) is 5.04. The number of rotatable bonds is 6. The Labute approximate surface area is 164 Å². The van der Waals surface area contributed by atoms with Gasteiger partial charge >= 0.3 is 0 Å². The number of nitrogens with zero attached hydrogens (tertiary/aromatic N) is 4. The predicted octanol–water partition coefficient (Wildman–Crippen LogP) is 3.77. The summed E-state index contributed by atoms with van der Waals surface area (Å²) in [7, 11) is 0. The van der Waals surface area contributed by atoms with Gasteiger partial charge in [-0.15, -0.1) is 11.3 Å². The Bertz CT molecular complexity index is 1080. The Balaban J connectivity index is 1.46. The molecule has 1 amide bonds. The summed E-state index contributed by atoms with van der Waals surface area (Å²) < 4.78 is 14.7. The van der Waals surface area contributed by atoms with Crippen LogP contribution >= 0.6 is 11.3 Å². The molecule has 1 N–H and O–H groups in total. The van der Waals surface area contributed by atoms with E-state index in [2.05, 4.69) is 20.4 Å². The molecular weight excluding hydrogens is 377 g/mol. The summed E-state index contributed by atoms with van der Waals surface area (Å²) in [6.07, 6.45) is 5.43. The first-order chi connectivity index (χ1) is 13.7. The maximum atomic E-state index is 13.0. The van der Waals surface area contributed by atoms with Crippen molar-refractivity contribution < 1.29 is 9.18 Å². The van der Waals surface area contributed by atoms with Crippen molar-refractivity contribution in [2.24, 2.45) is 0 Å². The highest BCUT2D eigenvalue weighted by atomic mass is 32.1. The summed E-state index contributed by atoms with van der Waals surface area (Å²) in [4.78, 5) is 21.9. The molecule has 0 unspecified atom stereocenters. The van der Waals surface area contributed by atoms with Crippen molar-refractivity contribution in [1.82, 2.24) is 19.7 Å². The molecule has 0 aliphatic heterocycles. The third kappa shape index (κ3) is 4.29. The fourth-order valence-electron chi connectivity index (χ4n) is 2.78. The summed E-state index contributed by atoms with van der Waals surface area (Å²) in [6.45, 7) is 0.456. The highest BCUT2D eigenvalue weighted by molar-refractivity contribution is 7.15. The van der Waals surface area contributed by atoms with Crippen LogP contribution in [0.5, 0.6) is 0 Å². The maximum absolute atomic E-state index is 13.0. The lowest BCUT2D eigenvalue weighted by Crippen LogP contribution is -2.15. The van der Waals surface area contributed by atoms with E-state index in [4.69, 9.17) is 0 Å². The SMILES string of the molecule is O=C(Nc1ncc(Cc2ccc(F)cc2)s1)c1ccccc1Cn1cncn1. The first kappa shape index (κ1) is 18.0. The molecule has 4 rings (SSSR count). The smallest absolute Gasteiger partial charge is 0.257 e. The second-order valence-corrected chi connectivity index (χ2v) is 7.25. The molecule has 0 saturated heterocycles. The van der Waals surface area contributed by atoms with Gasteiger partial charge in [0.1, 0.15) is 18.5 Å². The van der Waals surface area contributed by atoms with E-state index in [1.54, 1.807) is 35.4 Å². The van der Waals surface area contributed by atoms with E-state index >= 15 is 0 Å². The van der Waals surface area contributed by atoms with Crippen LogP contribution in [0.15, 0.2) is 67.4 Å². The average Bonchev–Trinajstić information content (AvgIpc) is 3.36. The molecule has 0 aliphatic rings. The monoisotopic (exact) mass is 393 g/mol. The lowest BCUT2D eigenvalue weighted by atomic mass is 10.1. The Hall–Kier alpha value is -3.39. The van der Waals surface area contributed by atoms with Crippen LogP contribution in [0.4, 0.5) is 9.52 Å². The summed E-state index contributed by atoms with van der Waals surface area (Å²) in [6, 6.07) is 13.7. The molecule has 140 valence electrons. The van der Waals surface area contributed by atoms with Crippen LogP contribution in [-0.4, -0.2) is 25.7 Å². The van der Waals surface area contributed by atoms with Crippen molar-refractivity contribution in [1.29, 1.82) is 0 Å². The van der Waals surface area contributed by atoms with Gasteiger partial charge in [0.05, 0.1) is 6.54 Å². The Kier molecular flexibility index (Phi) is 5.20. The van der Waals surface area contributed by atoms with Crippen molar-refractivity contribution in [3.63, 3.8) is 0 Å². The van der Waals surface area contributed by atoms with Crippen LogP contribution in [-0.2, 0) is 13.0 Å². The minimum absolute atomic E-state index is 0.224. The van der Waals surface area contributed by atoms with Crippen LogP contribution in [0.25, 0.3) is 0 Å². The zero-order valence-corrected chi connectivity index (χ0v) is 15.6. The maximum Gasteiger partial charge on any atom is 0.257 e. The van der Waals surface area contributed by atoms with Crippen LogP contribution < -0.4 is 5.32 Å². The number of hydrogen-bond acceptors (Lipinski definition) is 5. The summed E-state index contributed by atoms with van der Waals surface area (Å²) in [5.74, 6) is -0.482. The van der Waals surface area contributed by atoms with Gasteiger partial charge in [-0.05, 0) is 29.3 Å². The minimum Gasteiger partial charge on any atom is -0.298 e. The number of thiazole rings is 1. The number of hydrogen-bond donors (Lipinski definition) is 1. The fourth-order valence-corrected chi connectivity index (χ4v) is 3.63. The second-order valence-electron chi connectivity index (χ2n) is 6.14. The minimum atomic E-state index is -0.259. The zero-order chi connectivity index (χ0) is 19.3. The quantitative estimate of drug-likeness (QED) is 0.541. The average molecular weight is 393 g/mol. The van der Waals surface area contributed by atoms with E-state index < -0.39 is 0 Å². The van der Waals surface area contributed by atoms with E-state index in [1.807, 2.05) is 18.2 Å². The molecule has 4 aromatic rings. The first-order valence-electron chi connectivity index (χ1n) is 8.58. The summed E-state index contributed by atoms with van der Waals surface area (Å²) >= 11 is 1.40. The topological polar surface area (TPSA) is 72.7 Å². The van der Waals surface area contributed by atoms with Crippen molar-refractivity contribution >= 4 is 22.4 Å². The van der Waals surface area contributed by atoms with Gasteiger partial charge in [-0.3, -0.25) is 10.1 Å². The predicted molar refractivity (Wildman–Crippen MR) is 105 cm³/mol. The Morgan fingerprint density at radius 2 is 1.96 bits per heavy atom. The Morgan fingerprint density at radius 1 is 1.14 bits per heavy atom. The van der Waals surface area contributed by atoms with E-state index in [-0.39, 0.29) is 11.7 Å². The highest BCUT2D eigenvalue weighted by Gasteiger charge is 2.14. The van der Waals surface area contributed by atoms with Crippen molar-refractivity contribution in [3.05, 3.63) is 94.8 Å². The molecule has 8 heteroatoms. The van der Waals surface area contributed by atoms with Crippen LogP contribution in [0.3, 0.4) is 0 Å². The van der Waals surface area contributed by atoms with Crippen molar-refractivity contribution in [3.8, 4) is 0 Å². The number of benzene rings is 2. The molecular formula is C20H16FN5OS. The molecule has 0 atom stereocenters. The van der Waals surface area contributed by atoms with Crippen LogP contribution in [0.1, 0.15) is 26.4 Å². The fraction of sp³-hybridized carbons (Fsp3) is 0.100. The van der Waals surface area contributed by atoms with Gasteiger partial charge in [0.2, 0.25) is 0 Å². The number of amides is 1. The number of halogens is 1. The molecule has 2 aromatic heterocycles. The zero-order valence-electron chi connectivity index (χ0n) is 14.7. The van der Waals surface area contributed by atoms with Gasteiger partial charge in [0.15, 0.2) is 5.13 Å². The van der Waals surface area contributed by atoms with Gasteiger partial charge in [0, 0.05) is 23.1 Å². The molecule has 0 spiro atoms. The van der Waals surface area contributed by atoms with Gasteiger partial charge < -0.3 is 0 Å². The molecule has 0 fully saturated rings. The lowest BCUT2D eigenvalue weighted by Gasteiger charge is -2.08. The number of carbonyl (C=O) groups excluding carboxylic acids is 1. The van der Waals surface area contributed by atoms with Crippen LogP contribution in [0.2, 0.25) is 0 Å². The molecule has 2 heterocycles. The van der Waals surface area contributed by atoms with E-state index in [9.17, 15) is 9.18 Å². The molecule has 0 saturated carbocycles. The van der Waals surface area contributed by atoms with Gasteiger partial charge in [0.25, 0.3) is 5.91 Å². The van der Waals surface area contributed by atoms with E-state index in [1.165, 1.54) is 29.8 Å². The van der Waals surface area contributed by atoms with Crippen LogP contribution in [0, 0.1) is 5.82 Å². The summed E-state index contributed by atoms with van der Waals surface area (Å²) in [5.41, 5.74) is 2.39. The van der Waals surface area contributed by atoms with Gasteiger partial charge in [-0.2, -0.15) is 5.10 Å². The lowest BCUT2D eigenvalue weighted by molar-refractivity contribution is 0.102. The molecule has 0 bridgehead atoms. The molecule has 28 heavy (non-hydrogen) atoms. The van der Waals surface area contributed by atoms with Gasteiger partial charge in [-0.25, -0.2) is 19.0 Å². The number of anilines is 1. The van der Waals surface area contributed by atoms with Gasteiger partial charge in [-0.1, -0.05) is 30.3 Å². The number of nitrogens with one attached hydrogen (secondary N) is 1. The second kappa shape index (κ2) is 8.10. The number of carbonyl (C=O) groups is 1. The van der Waals surface area contributed by atoms with Crippen molar-refractivity contribution in [2.75, 3.05) is 5.32 Å². The highest BCUT2D eigenvalue weighted by Crippen LogP contribution is 2.22. The molecule has 0 radical (unpaired) electrons.